The first-order valence-electron chi connectivity index (χ1n) is 5.82. The normalized spacial score (nSPS) is 24.1. The minimum atomic E-state index is 0.137. The van der Waals surface area contributed by atoms with Crippen LogP contribution >= 0.6 is 0 Å². The van der Waals surface area contributed by atoms with Crippen molar-refractivity contribution in [3.63, 3.8) is 0 Å². The zero-order valence-electron chi connectivity index (χ0n) is 9.83. The van der Waals surface area contributed by atoms with Gasteiger partial charge in [0, 0.05) is 26.1 Å². The third-order valence-corrected chi connectivity index (χ3v) is 3.21. The van der Waals surface area contributed by atoms with Crippen LogP contribution < -0.4 is 11.1 Å². The minimum absolute atomic E-state index is 0.137. The quantitative estimate of drug-likeness (QED) is 0.685. The molecule has 1 aliphatic heterocycles. The number of hydrogen-bond donors (Lipinski definition) is 2. The summed E-state index contributed by atoms with van der Waals surface area (Å²) in [6.45, 7) is 5.35. The lowest BCUT2D eigenvalue weighted by Crippen LogP contribution is -2.30. The second-order valence-corrected chi connectivity index (χ2v) is 4.49. The fourth-order valence-electron chi connectivity index (χ4n) is 2.08. The van der Waals surface area contributed by atoms with E-state index < -0.39 is 0 Å². The number of hydrogen-bond acceptors (Lipinski definition) is 3. The van der Waals surface area contributed by atoms with Crippen molar-refractivity contribution < 1.29 is 4.79 Å². The molecule has 1 fully saturated rings. The number of carbonyl (C=O) groups excluding carboxylic acids is 1. The molecule has 0 spiro atoms. The smallest absolute Gasteiger partial charge is 0.219 e. The van der Waals surface area contributed by atoms with Crippen LogP contribution in [0.15, 0.2) is 0 Å². The van der Waals surface area contributed by atoms with Crippen molar-refractivity contribution in [1.82, 2.24) is 10.2 Å². The summed E-state index contributed by atoms with van der Waals surface area (Å²) in [6, 6.07) is 0.300. The molecule has 1 aliphatic rings. The molecule has 2 unspecified atom stereocenters. The van der Waals surface area contributed by atoms with Gasteiger partial charge in [0.1, 0.15) is 0 Å². The molecular formula is C11H23N3O. The zero-order chi connectivity index (χ0) is 11.3. The highest BCUT2D eigenvalue weighted by atomic mass is 16.1. The Bertz CT molecular complexity index is 206. The Morgan fingerprint density at radius 3 is 2.93 bits per heavy atom. The Kier molecular flexibility index (Phi) is 5.05. The van der Waals surface area contributed by atoms with Crippen molar-refractivity contribution in [2.24, 2.45) is 11.7 Å². The largest absolute Gasteiger partial charge is 0.359 e. The van der Waals surface area contributed by atoms with Crippen LogP contribution in [0.1, 0.15) is 26.2 Å². The second kappa shape index (κ2) is 6.08. The predicted molar refractivity (Wildman–Crippen MR) is 61.5 cm³/mol. The van der Waals surface area contributed by atoms with Crippen molar-refractivity contribution >= 4 is 5.91 Å². The summed E-state index contributed by atoms with van der Waals surface area (Å²) in [7, 11) is 1.68. The summed E-state index contributed by atoms with van der Waals surface area (Å²) < 4.78 is 0. The lowest BCUT2D eigenvalue weighted by Gasteiger charge is -2.17. The highest BCUT2D eigenvalue weighted by Gasteiger charge is 2.24. The molecule has 88 valence electrons. The van der Waals surface area contributed by atoms with Crippen molar-refractivity contribution in [1.29, 1.82) is 0 Å². The van der Waals surface area contributed by atoms with Crippen LogP contribution in [0, 0.1) is 5.92 Å². The van der Waals surface area contributed by atoms with Gasteiger partial charge in [-0.25, -0.2) is 0 Å². The van der Waals surface area contributed by atoms with E-state index in [1.165, 1.54) is 6.42 Å². The average Bonchev–Trinajstić information content (AvgIpc) is 2.66. The van der Waals surface area contributed by atoms with Gasteiger partial charge in [0.2, 0.25) is 5.91 Å². The Balaban J connectivity index is 2.11. The molecule has 0 aromatic carbocycles. The average molecular weight is 213 g/mol. The van der Waals surface area contributed by atoms with E-state index >= 15 is 0 Å². The number of carbonyl (C=O) groups is 1. The minimum Gasteiger partial charge on any atom is -0.359 e. The molecule has 0 aliphatic carbocycles. The topological polar surface area (TPSA) is 58.4 Å². The Morgan fingerprint density at radius 1 is 1.67 bits per heavy atom. The highest BCUT2D eigenvalue weighted by Crippen LogP contribution is 2.18. The molecule has 2 atom stereocenters. The lowest BCUT2D eigenvalue weighted by molar-refractivity contribution is -0.120. The van der Waals surface area contributed by atoms with E-state index in [4.69, 9.17) is 5.73 Å². The van der Waals surface area contributed by atoms with E-state index in [9.17, 15) is 4.79 Å². The van der Waals surface area contributed by atoms with Gasteiger partial charge in [-0.05, 0) is 38.8 Å². The van der Waals surface area contributed by atoms with Crippen molar-refractivity contribution in [2.45, 2.75) is 32.2 Å². The first-order chi connectivity index (χ1) is 7.13. The van der Waals surface area contributed by atoms with Crippen LogP contribution in [0.4, 0.5) is 0 Å². The third kappa shape index (κ3) is 4.18. The van der Waals surface area contributed by atoms with Gasteiger partial charge in [-0.1, -0.05) is 0 Å². The number of nitrogens with one attached hydrogen (secondary N) is 1. The van der Waals surface area contributed by atoms with Crippen molar-refractivity contribution in [3.05, 3.63) is 0 Å². The van der Waals surface area contributed by atoms with Crippen molar-refractivity contribution in [2.75, 3.05) is 26.7 Å². The summed E-state index contributed by atoms with van der Waals surface area (Å²) in [4.78, 5) is 13.4. The molecule has 1 rings (SSSR count). The number of likely N-dealkylation sites (tertiary alicyclic amines) is 1. The van der Waals surface area contributed by atoms with E-state index in [-0.39, 0.29) is 5.91 Å². The molecule has 0 saturated carbocycles. The maximum absolute atomic E-state index is 11.0. The van der Waals surface area contributed by atoms with E-state index in [0.29, 0.717) is 18.4 Å². The van der Waals surface area contributed by atoms with E-state index in [1.54, 1.807) is 7.05 Å². The Morgan fingerprint density at radius 2 is 2.40 bits per heavy atom. The fourth-order valence-corrected chi connectivity index (χ4v) is 2.08. The van der Waals surface area contributed by atoms with Crippen LogP contribution in [-0.2, 0) is 4.79 Å². The molecule has 0 bridgehead atoms. The van der Waals surface area contributed by atoms with Gasteiger partial charge in [0.15, 0.2) is 0 Å². The van der Waals surface area contributed by atoms with Crippen LogP contribution in [0.3, 0.4) is 0 Å². The van der Waals surface area contributed by atoms with Gasteiger partial charge in [-0.3, -0.25) is 4.79 Å². The van der Waals surface area contributed by atoms with E-state index in [1.807, 2.05) is 0 Å². The van der Waals surface area contributed by atoms with Gasteiger partial charge in [-0.15, -0.1) is 0 Å². The fraction of sp³-hybridized carbons (Fsp3) is 0.909. The van der Waals surface area contributed by atoms with Gasteiger partial charge in [0.05, 0.1) is 0 Å². The summed E-state index contributed by atoms with van der Waals surface area (Å²) in [5.74, 6) is 0.781. The first-order valence-corrected chi connectivity index (χ1v) is 5.82. The summed E-state index contributed by atoms with van der Waals surface area (Å²) in [6.07, 6.45) is 2.79. The maximum Gasteiger partial charge on any atom is 0.219 e. The molecular weight excluding hydrogens is 190 g/mol. The molecule has 0 aromatic heterocycles. The number of nitrogens with two attached hydrogens (primary N) is 1. The molecule has 1 heterocycles. The number of amides is 1. The molecule has 0 aromatic rings. The molecule has 4 nitrogen and oxygen atoms in total. The first kappa shape index (κ1) is 12.5. The lowest BCUT2D eigenvalue weighted by atomic mass is 10.0. The summed E-state index contributed by atoms with van der Waals surface area (Å²) in [5.41, 5.74) is 5.87. The molecule has 1 amide bonds. The Hall–Kier alpha value is -0.610. The number of rotatable bonds is 5. The van der Waals surface area contributed by atoms with Crippen LogP contribution in [-0.4, -0.2) is 43.5 Å². The van der Waals surface area contributed by atoms with E-state index in [0.717, 1.165) is 26.1 Å². The third-order valence-electron chi connectivity index (χ3n) is 3.21. The van der Waals surface area contributed by atoms with Gasteiger partial charge < -0.3 is 16.0 Å². The molecule has 3 N–H and O–H groups in total. The summed E-state index contributed by atoms with van der Waals surface area (Å²) >= 11 is 0. The predicted octanol–water partition coefficient (Wildman–Crippen LogP) is 0.182. The standard InChI is InChI=1S/C11H23N3O/c1-9(12)10-5-7-14(8-10)6-3-4-11(15)13-2/h9-10H,3-8,12H2,1-2H3,(H,13,15). The molecule has 4 heteroatoms. The SMILES string of the molecule is CNC(=O)CCCN1CCC(C(C)N)C1. The summed E-state index contributed by atoms with van der Waals surface area (Å²) in [5, 5.41) is 2.64. The monoisotopic (exact) mass is 213 g/mol. The van der Waals surface area contributed by atoms with Crippen LogP contribution in [0.25, 0.3) is 0 Å². The van der Waals surface area contributed by atoms with E-state index in [2.05, 4.69) is 17.1 Å². The molecule has 0 radical (unpaired) electrons. The van der Waals surface area contributed by atoms with Crippen molar-refractivity contribution in [3.8, 4) is 0 Å². The number of nitrogens with zero attached hydrogens (tertiary/aromatic N) is 1. The second-order valence-electron chi connectivity index (χ2n) is 4.49. The molecule has 15 heavy (non-hydrogen) atoms. The molecule has 1 saturated heterocycles. The van der Waals surface area contributed by atoms with Crippen LogP contribution in [0.5, 0.6) is 0 Å². The Labute approximate surface area is 92.2 Å². The highest BCUT2D eigenvalue weighted by molar-refractivity contribution is 5.75. The zero-order valence-corrected chi connectivity index (χ0v) is 9.83. The van der Waals surface area contributed by atoms with Crippen LogP contribution in [0.2, 0.25) is 0 Å². The van der Waals surface area contributed by atoms with Gasteiger partial charge in [-0.2, -0.15) is 0 Å². The van der Waals surface area contributed by atoms with Gasteiger partial charge >= 0.3 is 0 Å². The van der Waals surface area contributed by atoms with Gasteiger partial charge in [0.25, 0.3) is 0 Å². The maximum atomic E-state index is 11.0.